The van der Waals surface area contributed by atoms with Crippen LogP contribution in [-0.2, 0) is 16.6 Å². The molecule has 0 aromatic heterocycles. The van der Waals surface area contributed by atoms with Crippen LogP contribution in [0.1, 0.15) is 19.4 Å². The fourth-order valence-electron chi connectivity index (χ4n) is 1.87. The predicted molar refractivity (Wildman–Crippen MR) is 86.2 cm³/mol. The van der Waals surface area contributed by atoms with Gasteiger partial charge in [0.15, 0.2) is 0 Å². The Bertz CT molecular complexity index is 585. The van der Waals surface area contributed by atoms with Gasteiger partial charge in [-0.3, -0.25) is 0 Å². The van der Waals surface area contributed by atoms with Crippen LogP contribution in [0.15, 0.2) is 39.7 Å². The lowest BCUT2D eigenvalue weighted by molar-refractivity contribution is 0.452. The highest BCUT2D eigenvalue weighted by Crippen LogP contribution is 2.26. The number of hydrogen-bond acceptors (Lipinski definition) is 3. The molecule has 1 rings (SSSR count). The van der Waals surface area contributed by atoms with Gasteiger partial charge in [0.1, 0.15) is 0 Å². The molecule has 0 saturated heterocycles. The highest BCUT2D eigenvalue weighted by molar-refractivity contribution is 9.10. The van der Waals surface area contributed by atoms with Crippen molar-refractivity contribution in [3.63, 3.8) is 0 Å². The van der Waals surface area contributed by atoms with Gasteiger partial charge in [-0.1, -0.05) is 25.1 Å². The van der Waals surface area contributed by atoms with E-state index in [2.05, 4.69) is 27.8 Å². The van der Waals surface area contributed by atoms with Crippen molar-refractivity contribution in [2.75, 3.05) is 20.1 Å². The molecule has 0 bridgehead atoms. The molecule has 0 aliphatic rings. The van der Waals surface area contributed by atoms with E-state index in [-0.39, 0.29) is 0 Å². The molecule has 6 heteroatoms. The van der Waals surface area contributed by atoms with Crippen LogP contribution in [0.3, 0.4) is 0 Å². The van der Waals surface area contributed by atoms with Crippen molar-refractivity contribution in [2.24, 2.45) is 0 Å². The Morgan fingerprint density at radius 1 is 1.45 bits per heavy atom. The topological polar surface area (TPSA) is 49.4 Å². The highest BCUT2D eigenvalue weighted by Gasteiger charge is 2.25. The molecule has 0 unspecified atom stereocenters. The summed E-state index contributed by atoms with van der Waals surface area (Å²) in [6.45, 7) is 8.82. The summed E-state index contributed by atoms with van der Waals surface area (Å²) in [6, 6.07) is 5.37. The summed E-state index contributed by atoms with van der Waals surface area (Å²) in [5.74, 6) is 0. The molecule has 1 aromatic carbocycles. The molecule has 0 aliphatic heterocycles. The molecule has 4 nitrogen and oxygen atoms in total. The van der Waals surface area contributed by atoms with Gasteiger partial charge < -0.3 is 5.32 Å². The SMILES string of the molecule is C=C(C)CN(CC)S(=O)(=O)c1cc(CNC)ccc1Br. The Labute approximate surface area is 130 Å². The van der Waals surface area contributed by atoms with Crippen LogP contribution in [0.25, 0.3) is 0 Å². The molecule has 0 amide bonds. The Balaban J connectivity index is 3.25. The number of hydrogen-bond donors (Lipinski definition) is 1. The summed E-state index contributed by atoms with van der Waals surface area (Å²) in [4.78, 5) is 0.299. The van der Waals surface area contributed by atoms with Crippen molar-refractivity contribution in [1.82, 2.24) is 9.62 Å². The van der Waals surface area contributed by atoms with Crippen molar-refractivity contribution in [3.8, 4) is 0 Å². The lowest BCUT2D eigenvalue weighted by Crippen LogP contribution is -2.32. The standard InChI is InChI=1S/C14H21BrN2O2S/c1-5-17(10-11(2)3)20(18,19)14-8-12(9-16-4)6-7-13(14)15/h6-8,16H,2,5,9-10H2,1,3-4H3. The minimum atomic E-state index is -3.52. The first kappa shape index (κ1) is 17.4. The van der Waals surface area contributed by atoms with Crippen LogP contribution in [-0.4, -0.2) is 32.9 Å². The number of benzene rings is 1. The largest absolute Gasteiger partial charge is 0.316 e. The molecule has 1 N–H and O–H groups in total. The van der Waals surface area contributed by atoms with Crippen LogP contribution in [0.2, 0.25) is 0 Å². The van der Waals surface area contributed by atoms with Crippen molar-refractivity contribution >= 4 is 26.0 Å². The van der Waals surface area contributed by atoms with E-state index in [1.165, 1.54) is 4.31 Å². The lowest BCUT2D eigenvalue weighted by Gasteiger charge is -2.21. The number of nitrogens with one attached hydrogen (secondary N) is 1. The average Bonchev–Trinajstić information content (AvgIpc) is 2.38. The molecule has 0 heterocycles. The van der Waals surface area contributed by atoms with Gasteiger partial charge in [-0.25, -0.2) is 8.42 Å². The lowest BCUT2D eigenvalue weighted by atomic mass is 10.2. The first-order valence-electron chi connectivity index (χ1n) is 6.40. The van der Waals surface area contributed by atoms with Crippen molar-refractivity contribution < 1.29 is 8.42 Å². The third-order valence-electron chi connectivity index (χ3n) is 2.79. The van der Waals surface area contributed by atoms with Gasteiger partial charge in [0.25, 0.3) is 0 Å². The van der Waals surface area contributed by atoms with Crippen LogP contribution >= 0.6 is 15.9 Å². The zero-order chi connectivity index (χ0) is 15.3. The van der Waals surface area contributed by atoms with E-state index in [4.69, 9.17) is 0 Å². The van der Waals surface area contributed by atoms with Gasteiger partial charge in [0.2, 0.25) is 10.0 Å². The first-order chi connectivity index (χ1) is 9.32. The van der Waals surface area contributed by atoms with Gasteiger partial charge in [-0.2, -0.15) is 4.31 Å². The second-order valence-electron chi connectivity index (χ2n) is 4.68. The molecule has 0 atom stereocenters. The maximum Gasteiger partial charge on any atom is 0.244 e. The Kier molecular flexibility index (Phi) is 6.39. The molecule has 0 spiro atoms. The molecular weight excluding hydrogens is 340 g/mol. The summed E-state index contributed by atoms with van der Waals surface area (Å²) in [5, 5.41) is 3.02. The smallest absolute Gasteiger partial charge is 0.244 e. The highest BCUT2D eigenvalue weighted by atomic mass is 79.9. The molecule has 0 fully saturated rings. The van der Waals surface area contributed by atoms with Gasteiger partial charge >= 0.3 is 0 Å². The van der Waals surface area contributed by atoms with Gasteiger partial charge in [-0.15, -0.1) is 0 Å². The number of rotatable bonds is 7. The van der Waals surface area contributed by atoms with Crippen LogP contribution < -0.4 is 5.32 Å². The summed E-state index contributed by atoms with van der Waals surface area (Å²) in [6.07, 6.45) is 0. The van der Waals surface area contributed by atoms with E-state index in [0.717, 1.165) is 11.1 Å². The minimum absolute atomic E-state index is 0.299. The average molecular weight is 361 g/mol. The normalized spacial score (nSPS) is 11.8. The molecular formula is C14H21BrN2O2S. The van der Waals surface area contributed by atoms with Crippen molar-refractivity contribution in [1.29, 1.82) is 0 Å². The van der Waals surface area contributed by atoms with E-state index < -0.39 is 10.0 Å². The summed E-state index contributed by atoms with van der Waals surface area (Å²) in [5.41, 5.74) is 1.75. The second-order valence-corrected chi connectivity index (χ2v) is 7.44. The predicted octanol–water partition coefficient (Wildman–Crippen LogP) is 2.76. The zero-order valence-electron chi connectivity index (χ0n) is 12.1. The third kappa shape index (κ3) is 4.15. The quantitative estimate of drug-likeness (QED) is 0.760. The Morgan fingerprint density at radius 2 is 2.10 bits per heavy atom. The molecule has 0 aliphatic carbocycles. The maximum atomic E-state index is 12.7. The number of nitrogens with zero attached hydrogens (tertiary/aromatic N) is 1. The van der Waals surface area contributed by atoms with Crippen LogP contribution in [0.4, 0.5) is 0 Å². The fraction of sp³-hybridized carbons (Fsp3) is 0.429. The molecule has 20 heavy (non-hydrogen) atoms. The van der Waals surface area contributed by atoms with E-state index in [1.807, 2.05) is 27.0 Å². The minimum Gasteiger partial charge on any atom is -0.316 e. The van der Waals surface area contributed by atoms with Gasteiger partial charge in [0.05, 0.1) is 4.90 Å². The second kappa shape index (κ2) is 7.36. The third-order valence-corrected chi connectivity index (χ3v) is 5.71. The van der Waals surface area contributed by atoms with E-state index in [0.29, 0.717) is 29.0 Å². The van der Waals surface area contributed by atoms with Crippen molar-refractivity contribution in [3.05, 3.63) is 40.4 Å². The number of sulfonamides is 1. The molecule has 0 saturated carbocycles. The van der Waals surface area contributed by atoms with Gasteiger partial charge in [-0.05, 0) is 47.6 Å². The summed E-state index contributed by atoms with van der Waals surface area (Å²) < 4.78 is 27.4. The zero-order valence-corrected chi connectivity index (χ0v) is 14.5. The van der Waals surface area contributed by atoms with Crippen LogP contribution in [0.5, 0.6) is 0 Å². The number of halogens is 1. The summed E-state index contributed by atoms with van der Waals surface area (Å²) in [7, 11) is -1.69. The monoisotopic (exact) mass is 360 g/mol. The van der Waals surface area contributed by atoms with Crippen molar-refractivity contribution in [2.45, 2.75) is 25.3 Å². The van der Waals surface area contributed by atoms with Crippen LogP contribution in [0, 0.1) is 0 Å². The molecule has 1 aromatic rings. The molecule has 0 radical (unpaired) electrons. The number of likely N-dealkylation sites (N-methyl/N-ethyl adjacent to an activating group) is 1. The Hall–Kier alpha value is -0.690. The summed E-state index contributed by atoms with van der Waals surface area (Å²) >= 11 is 3.33. The Morgan fingerprint density at radius 3 is 2.60 bits per heavy atom. The first-order valence-corrected chi connectivity index (χ1v) is 8.63. The van der Waals surface area contributed by atoms with E-state index >= 15 is 0 Å². The van der Waals surface area contributed by atoms with E-state index in [1.54, 1.807) is 12.1 Å². The maximum absolute atomic E-state index is 12.7. The molecule has 112 valence electrons. The van der Waals surface area contributed by atoms with Gasteiger partial charge in [0, 0.05) is 24.1 Å². The van der Waals surface area contributed by atoms with E-state index in [9.17, 15) is 8.42 Å². The fourth-order valence-corrected chi connectivity index (χ4v) is 4.35.